The number of aromatic hydroxyl groups is 1. The Bertz CT molecular complexity index is 469. The monoisotopic (exact) mass is 293 g/mol. The summed E-state index contributed by atoms with van der Waals surface area (Å²) < 4.78 is 10.7. The van der Waals surface area contributed by atoms with Crippen LogP contribution in [0.3, 0.4) is 0 Å². The summed E-state index contributed by atoms with van der Waals surface area (Å²) in [4.78, 5) is 11.9. The normalized spacial score (nSPS) is 15.7. The van der Waals surface area contributed by atoms with Crippen molar-refractivity contribution in [3.63, 3.8) is 0 Å². The number of nitrogens with one attached hydrogen (secondary N) is 1. The number of hydrogen-bond acceptors (Lipinski definition) is 4. The quantitative estimate of drug-likeness (QED) is 0.791. The number of rotatable bonds is 6. The summed E-state index contributed by atoms with van der Waals surface area (Å²) in [5.74, 6) is 0.0935. The highest BCUT2D eigenvalue weighted by Crippen LogP contribution is 2.26. The Morgan fingerprint density at radius 2 is 2.10 bits per heavy atom. The number of carbonyl (C=O) groups is 1. The molecule has 1 aliphatic carbocycles. The van der Waals surface area contributed by atoms with Crippen LogP contribution in [0, 0.1) is 0 Å². The number of carbonyl (C=O) groups excluding carboxylic acids is 1. The Balaban J connectivity index is 1.72. The lowest BCUT2D eigenvalue weighted by Crippen LogP contribution is -2.29. The van der Waals surface area contributed by atoms with Gasteiger partial charge >= 0.3 is 0 Å². The van der Waals surface area contributed by atoms with Crippen molar-refractivity contribution in [3.05, 3.63) is 23.8 Å². The first kappa shape index (κ1) is 15.6. The maximum Gasteiger partial charge on any atom is 0.251 e. The number of hydrogen-bond donors (Lipinski definition) is 2. The van der Waals surface area contributed by atoms with Gasteiger partial charge in [-0.15, -0.1) is 0 Å². The minimum Gasteiger partial charge on any atom is -0.504 e. The van der Waals surface area contributed by atoms with E-state index in [0.717, 1.165) is 12.8 Å². The van der Waals surface area contributed by atoms with Crippen LogP contribution in [0.5, 0.6) is 11.5 Å². The standard InChI is InChI=1S/C16H23NO4/c1-20-15-8-7-12(11-14(15)18)16(19)17-9-10-21-13-5-3-2-4-6-13/h7-8,11,13,18H,2-6,9-10H2,1H3,(H,17,19). The maximum absolute atomic E-state index is 11.9. The van der Waals surface area contributed by atoms with E-state index in [1.807, 2.05) is 0 Å². The molecule has 0 spiro atoms. The third-order valence-electron chi connectivity index (χ3n) is 3.73. The molecule has 1 fully saturated rings. The molecule has 0 saturated heterocycles. The molecule has 0 bridgehead atoms. The third kappa shape index (κ3) is 4.63. The van der Waals surface area contributed by atoms with Crippen molar-refractivity contribution in [1.82, 2.24) is 5.32 Å². The number of phenols is 1. The zero-order valence-corrected chi connectivity index (χ0v) is 12.4. The van der Waals surface area contributed by atoms with Crippen molar-refractivity contribution in [3.8, 4) is 11.5 Å². The first-order valence-corrected chi connectivity index (χ1v) is 7.47. The molecule has 0 heterocycles. The van der Waals surface area contributed by atoms with Gasteiger partial charge in [0.05, 0.1) is 19.8 Å². The Labute approximate surface area is 125 Å². The second-order valence-corrected chi connectivity index (χ2v) is 5.27. The highest BCUT2D eigenvalue weighted by Gasteiger charge is 2.14. The van der Waals surface area contributed by atoms with Crippen LogP contribution in [0.2, 0.25) is 0 Å². The van der Waals surface area contributed by atoms with Gasteiger partial charge in [-0.1, -0.05) is 19.3 Å². The molecular formula is C16H23NO4. The van der Waals surface area contributed by atoms with Gasteiger partial charge in [0, 0.05) is 12.1 Å². The van der Waals surface area contributed by atoms with Crippen LogP contribution in [0.15, 0.2) is 18.2 Å². The van der Waals surface area contributed by atoms with Crippen LogP contribution in [0.4, 0.5) is 0 Å². The van der Waals surface area contributed by atoms with Gasteiger partial charge < -0.3 is 19.9 Å². The zero-order chi connectivity index (χ0) is 15.1. The Hall–Kier alpha value is -1.75. The second-order valence-electron chi connectivity index (χ2n) is 5.27. The molecule has 2 rings (SSSR count). The fourth-order valence-electron chi connectivity index (χ4n) is 2.56. The number of ether oxygens (including phenoxy) is 2. The first-order chi connectivity index (χ1) is 10.2. The van der Waals surface area contributed by atoms with Crippen molar-refractivity contribution in [1.29, 1.82) is 0 Å². The molecule has 0 unspecified atom stereocenters. The van der Waals surface area contributed by atoms with E-state index >= 15 is 0 Å². The van der Waals surface area contributed by atoms with Gasteiger partial charge in [0.2, 0.25) is 0 Å². The zero-order valence-electron chi connectivity index (χ0n) is 12.4. The molecule has 2 N–H and O–H groups in total. The maximum atomic E-state index is 11.9. The highest BCUT2D eigenvalue weighted by molar-refractivity contribution is 5.94. The van der Waals surface area contributed by atoms with Gasteiger partial charge in [0.15, 0.2) is 11.5 Å². The Morgan fingerprint density at radius 1 is 1.33 bits per heavy atom. The summed E-state index contributed by atoms with van der Waals surface area (Å²) in [5.41, 5.74) is 0.408. The largest absolute Gasteiger partial charge is 0.504 e. The molecule has 1 aromatic rings. The van der Waals surface area contributed by atoms with Crippen molar-refractivity contribution in [2.45, 2.75) is 38.2 Å². The van der Waals surface area contributed by atoms with E-state index in [9.17, 15) is 9.90 Å². The summed E-state index contributed by atoms with van der Waals surface area (Å²) in [5, 5.41) is 12.4. The molecule has 0 atom stereocenters. The lowest BCUT2D eigenvalue weighted by Gasteiger charge is -2.22. The molecular weight excluding hydrogens is 270 g/mol. The van der Waals surface area contributed by atoms with E-state index in [0.29, 0.717) is 30.6 Å². The molecule has 21 heavy (non-hydrogen) atoms. The van der Waals surface area contributed by atoms with Gasteiger partial charge in [-0.05, 0) is 31.0 Å². The van der Waals surface area contributed by atoms with E-state index in [4.69, 9.17) is 9.47 Å². The van der Waals surface area contributed by atoms with Crippen LogP contribution in [-0.2, 0) is 4.74 Å². The molecule has 5 nitrogen and oxygen atoms in total. The average molecular weight is 293 g/mol. The van der Waals surface area contributed by atoms with Crippen LogP contribution in [0.1, 0.15) is 42.5 Å². The van der Waals surface area contributed by atoms with Crippen LogP contribution in [-0.4, -0.2) is 37.4 Å². The van der Waals surface area contributed by atoms with Crippen LogP contribution >= 0.6 is 0 Å². The number of methoxy groups -OCH3 is 1. The second kappa shape index (κ2) is 7.88. The van der Waals surface area contributed by atoms with Crippen molar-refractivity contribution in [2.75, 3.05) is 20.3 Å². The van der Waals surface area contributed by atoms with E-state index in [2.05, 4.69) is 5.32 Å². The van der Waals surface area contributed by atoms with E-state index in [1.165, 1.54) is 32.4 Å². The third-order valence-corrected chi connectivity index (χ3v) is 3.73. The summed E-state index contributed by atoms with van der Waals surface area (Å²) >= 11 is 0. The van der Waals surface area contributed by atoms with Crippen LogP contribution < -0.4 is 10.1 Å². The predicted molar refractivity (Wildman–Crippen MR) is 79.8 cm³/mol. The average Bonchev–Trinajstić information content (AvgIpc) is 2.52. The summed E-state index contributed by atoms with van der Waals surface area (Å²) in [6.45, 7) is 1.00. The molecule has 0 radical (unpaired) electrons. The van der Waals surface area contributed by atoms with Gasteiger partial charge in [0.25, 0.3) is 5.91 Å². The molecule has 116 valence electrons. The van der Waals surface area contributed by atoms with Crippen molar-refractivity contribution < 1.29 is 19.4 Å². The number of benzene rings is 1. The molecule has 0 aromatic heterocycles. The highest BCUT2D eigenvalue weighted by atomic mass is 16.5. The summed E-state index contributed by atoms with van der Waals surface area (Å²) in [6.07, 6.45) is 6.38. The minimum atomic E-state index is -0.222. The summed E-state index contributed by atoms with van der Waals surface area (Å²) in [6, 6.07) is 4.59. The molecule has 5 heteroatoms. The predicted octanol–water partition coefficient (Wildman–Crippen LogP) is 2.48. The first-order valence-electron chi connectivity index (χ1n) is 7.47. The van der Waals surface area contributed by atoms with Crippen molar-refractivity contribution >= 4 is 5.91 Å². The van der Waals surface area contributed by atoms with Crippen molar-refractivity contribution in [2.24, 2.45) is 0 Å². The van der Waals surface area contributed by atoms with Gasteiger partial charge in [-0.3, -0.25) is 4.79 Å². The molecule has 1 aromatic carbocycles. The molecule has 1 saturated carbocycles. The Kier molecular flexibility index (Phi) is 5.87. The van der Waals surface area contributed by atoms with Crippen LogP contribution in [0.25, 0.3) is 0 Å². The topological polar surface area (TPSA) is 67.8 Å². The van der Waals surface area contributed by atoms with Gasteiger partial charge in [0.1, 0.15) is 0 Å². The molecule has 1 aliphatic rings. The van der Waals surface area contributed by atoms with E-state index in [1.54, 1.807) is 12.1 Å². The molecule has 0 aliphatic heterocycles. The fraction of sp³-hybridized carbons (Fsp3) is 0.562. The number of phenolic OH excluding ortho intramolecular Hbond substituents is 1. The van der Waals surface area contributed by atoms with E-state index < -0.39 is 0 Å². The number of amides is 1. The lowest BCUT2D eigenvalue weighted by molar-refractivity contribution is 0.0299. The summed E-state index contributed by atoms with van der Waals surface area (Å²) in [7, 11) is 1.47. The SMILES string of the molecule is COc1ccc(C(=O)NCCOC2CCCCC2)cc1O. The van der Waals surface area contributed by atoms with Gasteiger partial charge in [-0.2, -0.15) is 0 Å². The van der Waals surface area contributed by atoms with Gasteiger partial charge in [-0.25, -0.2) is 0 Å². The van der Waals surface area contributed by atoms with E-state index in [-0.39, 0.29) is 11.7 Å². The lowest BCUT2D eigenvalue weighted by atomic mass is 9.98. The minimum absolute atomic E-state index is 0.0383. The Morgan fingerprint density at radius 3 is 2.76 bits per heavy atom. The fourth-order valence-corrected chi connectivity index (χ4v) is 2.56. The smallest absolute Gasteiger partial charge is 0.251 e. The molecule has 1 amide bonds.